The molecule has 4 aromatic heterocycles. The zero-order chi connectivity index (χ0) is 22.0. The van der Waals surface area contributed by atoms with E-state index in [1.54, 1.807) is 18.0 Å². The van der Waals surface area contributed by atoms with Crippen LogP contribution in [0.25, 0.3) is 38.7 Å². The Hall–Kier alpha value is -3.78. The number of aromatic amines is 1. The van der Waals surface area contributed by atoms with Gasteiger partial charge in [-0.1, -0.05) is 47.7 Å². The number of aromatic nitrogens is 6. The summed E-state index contributed by atoms with van der Waals surface area (Å²) in [5.74, 6) is 1.51. The van der Waals surface area contributed by atoms with Crippen LogP contribution in [0.5, 0.6) is 0 Å². The smallest absolute Gasteiger partial charge is 0.269 e. The van der Waals surface area contributed by atoms with E-state index in [1.807, 2.05) is 18.3 Å². The van der Waals surface area contributed by atoms with Gasteiger partial charge in [0.2, 0.25) is 0 Å². The van der Waals surface area contributed by atoms with Crippen molar-refractivity contribution < 1.29 is 9.51 Å². The third kappa shape index (κ3) is 2.87. The molecule has 0 radical (unpaired) electrons. The molecule has 0 unspecified atom stereocenters. The molecular weight excluding hydrogens is 432 g/mol. The number of nitrogens with one attached hydrogen (secondary N) is 1. The van der Waals surface area contributed by atoms with Gasteiger partial charge in [0.05, 0.1) is 11.1 Å². The van der Waals surface area contributed by atoms with Crippen LogP contribution in [0.4, 0.5) is 0 Å². The Bertz CT molecular complexity index is 1670. The molecule has 0 amide bonds. The van der Waals surface area contributed by atoms with Crippen LogP contribution in [0.1, 0.15) is 24.3 Å². The number of aryl methyl sites for hydroxylation is 1. The predicted octanol–water partition coefficient (Wildman–Crippen LogP) is 4.99. The second-order valence-corrected chi connectivity index (χ2v) is 9.88. The number of hydrogen-bond donors (Lipinski definition) is 0. The summed E-state index contributed by atoms with van der Waals surface area (Å²) in [6, 6.07) is 18.6. The first-order chi connectivity index (χ1) is 16.2. The van der Waals surface area contributed by atoms with Crippen LogP contribution in [0, 0.1) is 6.92 Å². The Morgan fingerprint density at radius 1 is 0.970 bits per heavy atom. The SMILES string of the molecule is Cc1ccc(-c2noc(C3(Sc4nnc5c6ccncc6c6ccccc6n45)CC3)[nH+]2)cc1. The molecule has 0 bridgehead atoms. The molecule has 0 spiro atoms. The zero-order valence-electron chi connectivity index (χ0n) is 17.8. The molecule has 1 aliphatic carbocycles. The largest absolute Gasteiger partial charge is 0.378 e. The van der Waals surface area contributed by atoms with Crippen molar-refractivity contribution in [1.82, 2.24) is 24.7 Å². The van der Waals surface area contributed by atoms with Crippen LogP contribution in [0.2, 0.25) is 0 Å². The lowest BCUT2D eigenvalue weighted by atomic mass is 10.1. The van der Waals surface area contributed by atoms with Gasteiger partial charge in [0, 0.05) is 28.6 Å². The first kappa shape index (κ1) is 18.8. The van der Waals surface area contributed by atoms with Crippen LogP contribution in [-0.4, -0.2) is 24.7 Å². The van der Waals surface area contributed by atoms with Gasteiger partial charge in [-0.05, 0) is 44.0 Å². The quantitative estimate of drug-likeness (QED) is 0.351. The van der Waals surface area contributed by atoms with E-state index in [2.05, 4.69) is 79.1 Å². The molecule has 7 nitrogen and oxygen atoms in total. The van der Waals surface area contributed by atoms with Gasteiger partial charge in [-0.2, -0.15) is 0 Å². The number of H-pyrrole nitrogens is 1. The fourth-order valence-electron chi connectivity index (χ4n) is 4.37. The molecule has 33 heavy (non-hydrogen) atoms. The van der Waals surface area contributed by atoms with Crippen LogP contribution in [-0.2, 0) is 4.75 Å². The summed E-state index contributed by atoms with van der Waals surface area (Å²) >= 11 is 1.69. The average molecular weight is 452 g/mol. The van der Waals surface area contributed by atoms with Gasteiger partial charge in [0.1, 0.15) is 4.75 Å². The average Bonchev–Trinajstić information content (AvgIpc) is 3.26. The molecule has 8 heteroatoms. The standard InChI is InChI=1S/C25H18N6OS/c1-15-6-8-16(9-7-15)21-27-23(32-30-21)25(11-12-25)33-24-29-28-22-18-10-13-26-14-19(18)17-4-2-3-5-20(17)31(22)24/h2-10,13-14H,11-12H2,1H3/p+1. The van der Waals surface area contributed by atoms with Crippen molar-refractivity contribution in [3.05, 3.63) is 78.4 Å². The van der Waals surface area contributed by atoms with Crippen molar-refractivity contribution in [2.75, 3.05) is 0 Å². The van der Waals surface area contributed by atoms with E-state index in [-0.39, 0.29) is 4.75 Å². The van der Waals surface area contributed by atoms with Gasteiger partial charge < -0.3 is 0 Å². The number of rotatable bonds is 4. The van der Waals surface area contributed by atoms with Crippen molar-refractivity contribution >= 4 is 39.1 Å². The molecule has 1 fully saturated rings. The first-order valence-electron chi connectivity index (χ1n) is 10.9. The van der Waals surface area contributed by atoms with E-state index in [0.717, 1.165) is 62.6 Å². The van der Waals surface area contributed by atoms with Crippen molar-refractivity contribution in [2.45, 2.75) is 29.7 Å². The third-order valence-corrected chi connectivity index (χ3v) is 7.75. The highest BCUT2D eigenvalue weighted by Gasteiger charge is 2.54. The van der Waals surface area contributed by atoms with E-state index in [9.17, 15) is 0 Å². The maximum absolute atomic E-state index is 5.80. The fourth-order valence-corrected chi connectivity index (χ4v) is 5.56. The fraction of sp³-hybridized carbons (Fsp3) is 0.160. The Morgan fingerprint density at radius 3 is 2.67 bits per heavy atom. The van der Waals surface area contributed by atoms with Gasteiger partial charge >= 0.3 is 11.7 Å². The summed E-state index contributed by atoms with van der Waals surface area (Å²) in [5.41, 5.74) is 4.13. The summed E-state index contributed by atoms with van der Waals surface area (Å²) in [6.45, 7) is 2.07. The predicted molar refractivity (Wildman–Crippen MR) is 126 cm³/mol. The number of para-hydroxylation sites is 1. The molecule has 0 saturated heterocycles. The van der Waals surface area contributed by atoms with Gasteiger partial charge in [-0.15, -0.1) is 10.2 Å². The molecule has 0 aliphatic heterocycles. The minimum atomic E-state index is -0.215. The molecule has 2 aromatic carbocycles. The Morgan fingerprint density at radius 2 is 1.82 bits per heavy atom. The zero-order valence-corrected chi connectivity index (χ0v) is 18.6. The first-order valence-corrected chi connectivity index (χ1v) is 11.7. The van der Waals surface area contributed by atoms with E-state index in [4.69, 9.17) is 4.52 Å². The number of fused-ring (bicyclic) bond motifs is 6. The maximum Gasteiger partial charge on any atom is 0.378 e. The molecule has 6 aromatic rings. The Labute approximate surface area is 192 Å². The summed E-state index contributed by atoms with van der Waals surface area (Å²) in [7, 11) is 0. The molecule has 0 atom stereocenters. The summed E-state index contributed by atoms with van der Waals surface area (Å²) in [6.07, 6.45) is 5.68. The van der Waals surface area contributed by atoms with Crippen LogP contribution >= 0.6 is 11.8 Å². The molecule has 1 saturated carbocycles. The lowest BCUT2D eigenvalue weighted by Crippen LogP contribution is -2.16. The van der Waals surface area contributed by atoms with Crippen molar-refractivity contribution in [2.24, 2.45) is 0 Å². The van der Waals surface area contributed by atoms with Gasteiger partial charge in [-0.25, -0.2) is 9.51 Å². The van der Waals surface area contributed by atoms with Gasteiger partial charge in [0.25, 0.3) is 0 Å². The topological polar surface area (TPSA) is 83.2 Å². The van der Waals surface area contributed by atoms with E-state index >= 15 is 0 Å². The lowest BCUT2D eigenvalue weighted by molar-refractivity contribution is -0.387. The minimum absolute atomic E-state index is 0.215. The number of hydrogen-bond acceptors (Lipinski definition) is 6. The maximum atomic E-state index is 5.80. The number of nitrogens with zero attached hydrogens (tertiary/aromatic N) is 5. The highest BCUT2D eigenvalue weighted by atomic mass is 32.2. The van der Waals surface area contributed by atoms with Crippen molar-refractivity contribution in [3.63, 3.8) is 0 Å². The third-order valence-electron chi connectivity index (χ3n) is 6.32. The van der Waals surface area contributed by atoms with Gasteiger partial charge in [-0.3, -0.25) is 9.38 Å². The molecule has 1 N–H and O–H groups in total. The highest BCUT2D eigenvalue weighted by Crippen LogP contribution is 2.58. The van der Waals surface area contributed by atoms with E-state index < -0.39 is 0 Å². The summed E-state index contributed by atoms with van der Waals surface area (Å²) in [5, 5.41) is 17.6. The number of thioether (sulfide) groups is 1. The lowest BCUT2D eigenvalue weighted by Gasteiger charge is -2.10. The van der Waals surface area contributed by atoms with E-state index in [1.165, 1.54) is 5.56 Å². The number of benzene rings is 2. The molecular formula is C25H19N6OS+. The van der Waals surface area contributed by atoms with Crippen molar-refractivity contribution in [1.29, 1.82) is 0 Å². The molecule has 7 rings (SSSR count). The van der Waals surface area contributed by atoms with Crippen LogP contribution < -0.4 is 4.98 Å². The molecule has 1 aliphatic rings. The summed E-state index contributed by atoms with van der Waals surface area (Å²) in [4.78, 5) is 7.75. The highest BCUT2D eigenvalue weighted by molar-refractivity contribution is 8.00. The molecule has 160 valence electrons. The summed E-state index contributed by atoms with van der Waals surface area (Å²) < 4.78 is 7.74. The normalized spacial score (nSPS) is 14.9. The monoisotopic (exact) mass is 451 g/mol. The second-order valence-electron chi connectivity index (χ2n) is 8.53. The van der Waals surface area contributed by atoms with Crippen LogP contribution in [0.3, 0.4) is 0 Å². The van der Waals surface area contributed by atoms with Gasteiger partial charge in [0.15, 0.2) is 16.0 Å². The van der Waals surface area contributed by atoms with Crippen molar-refractivity contribution in [3.8, 4) is 11.4 Å². The van der Waals surface area contributed by atoms with Crippen LogP contribution in [0.15, 0.2) is 76.7 Å². The van der Waals surface area contributed by atoms with E-state index in [0.29, 0.717) is 0 Å². The minimum Gasteiger partial charge on any atom is -0.269 e. The Balaban J connectivity index is 1.34. The Kier molecular flexibility index (Phi) is 3.90. The number of pyridine rings is 2. The molecule has 4 heterocycles. The second kappa shape index (κ2) is 6.86.